The highest BCUT2D eigenvalue weighted by Gasteiger charge is 2.20. The van der Waals surface area contributed by atoms with Crippen LogP contribution in [0.2, 0.25) is 0 Å². The Hall–Kier alpha value is -0.400. The van der Waals surface area contributed by atoms with Gasteiger partial charge in [-0.25, -0.2) is 4.98 Å². The van der Waals surface area contributed by atoms with Crippen LogP contribution in [-0.4, -0.2) is 48.5 Å². The summed E-state index contributed by atoms with van der Waals surface area (Å²) in [5, 5.41) is 6.94. The maximum absolute atomic E-state index is 12.1. The van der Waals surface area contributed by atoms with E-state index in [-0.39, 0.29) is 30.7 Å². The van der Waals surface area contributed by atoms with E-state index in [9.17, 15) is 4.79 Å². The molecule has 0 aromatic carbocycles. The molecule has 0 radical (unpaired) electrons. The highest BCUT2D eigenvalue weighted by Crippen LogP contribution is 2.22. The van der Waals surface area contributed by atoms with E-state index < -0.39 is 0 Å². The van der Waals surface area contributed by atoms with Crippen LogP contribution in [0.3, 0.4) is 0 Å². The number of hydrogen-bond donors (Lipinski definition) is 2. The molecule has 2 N–H and O–H groups in total. The minimum atomic E-state index is 0. The zero-order valence-corrected chi connectivity index (χ0v) is 15.8. The molecule has 128 valence electrons. The number of likely N-dealkylation sites (N-methyl/N-ethyl adjacent to an activating group) is 1. The molecule has 1 aromatic heterocycles. The molecule has 1 amide bonds. The normalized spacial score (nSPS) is 18.2. The van der Waals surface area contributed by atoms with Crippen LogP contribution in [0.15, 0.2) is 0 Å². The number of aromatic nitrogens is 1. The standard InChI is InChI=1S/C14H24N4OS.2ClH/c1-4-12-10(2)20-14(16-12)17-13(19)9-18-7-5-6-11(8-18)15-3;;/h11,15H,4-9H2,1-3H3,(H,16,17,19);2*1H. The number of thiazole rings is 1. The predicted molar refractivity (Wildman–Crippen MR) is 97.9 cm³/mol. The molecule has 0 aliphatic carbocycles. The second-order valence-corrected chi connectivity index (χ2v) is 6.49. The lowest BCUT2D eigenvalue weighted by molar-refractivity contribution is -0.117. The summed E-state index contributed by atoms with van der Waals surface area (Å²) in [5.74, 6) is 0.0400. The molecule has 0 bridgehead atoms. The van der Waals surface area contributed by atoms with E-state index in [0.717, 1.165) is 36.8 Å². The van der Waals surface area contributed by atoms with Crippen LogP contribution in [0.25, 0.3) is 0 Å². The van der Waals surface area contributed by atoms with E-state index in [1.54, 1.807) is 11.3 Å². The summed E-state index contributed by atoms with van der Waals surface area (Å²) in [5.41, 5.74) is 1.08. The molecule has 8 heteroatoms. The molecule has 1 fully saturated rings. The summed E-state index contributed by atoms with van der Waals surface area (Å²) in [7, 11) is 1.98. The first-order chi connectivity index (χ1) is 9.62. The van der Waals surface area contributed by atoms with Crippen molar-refractivity contribution in [3.63, 3.8) is 0 Å². The first-order valence-corrected chi connectivity index (χ1v) is 8.09. The van der Waals surface area contributed by atoms with Crippen molar-refractivity contribution in [3.8, 4) is 0 Å². The number of halogens is 2. The van der Waals surface area contributed by atoms with Crippen molar-refractivity contribution >= 4 is 47.2 Å². The third-order valence-electron chi connectivity index (χ3n) is 3.75. The Morgan fingerprint density at radius 2 is 2.18 bits per heavy atom. The molecule has 2 rings (SSSR count). The number of hydrogen-bond acceptors (Lipinski definition) is 5. The van der Waals surface area contributed by atoms with Gasteiger partial charge in [-0.3, -0.25) is 9.69 Å². The Bertz CT molecular complexity index is 470. The molecule has 22 heavy (non-hydrogen) atoms. The second-order valence-electron chi connectivity index (χ2n) is 5.29. The molecule has 0 saturated carbocycles. The fourth-order valence-corrected chi connectivity index (χ4v) is 3.52. The minimum Gasteiger partial charge on any atom is -0.316 e. The molecule has 1 saturated heterocycles. The monoisotopic (exact) mass is 368 g/mol. The van der Waals surface area contributed by atoms with Gasteiger partial charge in [-0.1, -0.05) is 6.92 Å². The Morgan fingerprint density at radius 1 is 1.45 bits per heavy atom. The minimum absolute atomic E-state index is 0. The van der Waals surface area contributed by atoms with Crippen molar-refractivity contribution in [1.29, 1.82) is 0 Å². The van der Waals surface area contributed by atoms with Crippen molar-refractivity contribution in [3.05, 3.63) is 10.6 Å². The van der Waals surface area contributed by atoms with Crippen molar-refractivity contribution in [2.75, 3.05) is 32.0 Å². The average molecular weight is 369 g/mol. The zero-order valence-electron chi connectivity index (χ0n) is 13.3. The van der Waals surface area contributed by atoms with Crippen molar-refractivity contribution in [1.82, 2.24) is 15.2 Å². The fourth-order valence-electron chi connectivity index (χ4n) is 2.61. The SMILES string of the molecule is CCc1nc(NC(=O)CN2CCCC(NC)C2)sc1C.Cl.Cl. The molecule has 5 nitrogen and oxygen atoms in total. The summed E-state index contributed by atoms with van der Waals surface area (Å²) < 4.78 is 0. The summed E-state index contributed by atoms with van der Waals surface area (Å²) in [6, 6.07) is 0.505. The third-order valence-corrected chi connectivity index (χ3v) is 4.68. The average Bonchev–Trinajstić information content (AvgIpc) is 2.78. The van der Waals surface area contributed by atoms with Gasteiger partial charge in [0, 0.05) is 17.5 Å². The lowest BCUT2D eigenvalue weighted by atomic mass is 10.1. The maximum atomic E-state index is 12.1. The van der Waals surface area contributed by atoms with Crippen LogP contribution in [0.5, 0.6) is 0 Å². The van der Waals surface area contributed by atoms with Crippen molar-refractivity contribution in [2.45, 2.75) is 39.2 Å². The van der Waals surface area contributed by atoms with Gasteiger partial charge in [0.15, 0.2) is 5.13 Å². The zero-order chi connectivity index (χ0) is 14.5. The number of nitrogens with zero attached hydrogens (tertiary/aromatic N) is 2. The molecule has 1 atom stereocenters. The van der Waals surface area contributed by atoms with Crippen LogP contribution in [0.1, 0.15) is 30.3 Å². The van der Waals surface area contributed by atoms with E-state index in [4.69, 9.17) is 0 Å². The van der Waals surface area contributed by atoms with Gasteiger partial charge < -0.3 is 10.6 Å². The molecule has 1 aliphatic rings. The largest absolute Gasteiger partial charge is 0.316 e. The van der Waals surface area contributed by atoms with Gasteiger partial charge >= 0.3 is 0 Å². The van der Waals surface area contributed by atoms with Crippen molar-refractivity contribution in [2.24, 2.45) is 0 Å². The Labute approximate surface area is 149 Å². The van der Waals surface area contributed by atoms with Gasteiger partial charge in [0.1, 0.15) is 0 Å². The first-order valence-electron chi connectivity index (χ1n) is 7.28. The number of aryl methyl sites for hydroxylation is 2. The lowest BCUT2D eigenvalue weighted by Gasteiger charge is -2.31. The smallest absolute Gasteiger partial charge is 0.240 e. The lowest BCUT2D eigenvalue weighted by Crippen LogP contribution is -2.46. The number of rotatable bonds is 5. The Morgan fingerprint density at radius 3 is 2.77 bits per heavy atom. The van der Waals surface area contributed by atoms with Gasteiger partial charge in [-0.2, -0.15) is 0 Å². The van der Waals surface area contributed by atoms with Gasteiger partial charge in [0.25, 0.3) is 0 Å². The fraction of sp³-hybridized carbons (Fsp3) is 0.714. The highest BCUT2D eigenvalue weighted by atomic mass is 35.5. The van der Waals surface area contributed by atoms with Crippen LogP contribution in [0.4, 0.5) is 5.13 Å². The quantitative estimate of drug-likeness (QED) is 0.837. The number of amides is 1. The van der Waals surface area contributed by atoms with Gasteiger partial charge in [-0.05, 0) is 39.8 Å². The number of anilines is 1. The number of likely N-dealkylation sites (tertiary alicyclic amines) is 1. The number of nitrogens with one attached hydrogen (secondary N) is 2. The van der Waals surface area contributed by atoms with Gasteiger partial charge in [0.2, 0.25) is 5.91 Å². The van der Waals surface area contributed by atoms with Gasteiger partial charge in [0.05, 0.1) is 12.2 Å². The number of carbonyl (C=O) groups excluding carboxylic acids is 1. The summed E-state index contributed by atoms with van der Waals surface area (Å²) >= 11 is 1.56. The van der Waals surface area contributed by atoms with E-state index in [1.165, 1.54) is 11.3 Å². The Balaban J connectivity index is 0.00000220. The second kappa shape index (κ2) is 10.4. The van der Waals surface area contributed by atoms with E-state index in [0.29, 0.717) is 12.6 Å². The van der Waals surface area contributed by atoms with Crippen LogP contribution >= 0.6 is 36.2 Å². The summed E-state index contributed by atoms with van der Waals surface area (Å²) in [6.07, 6.45) is 3.25. The van der Waals surface area contributed by atoms with E-state index in [1.807, 2.05) is 14.0 Å². The highest BCUT2D eigenvalue weighted by molar-refractivity contribution is 7.15. The van der Waals surface area contributed by atoms with Crippen LogP contribution in [-0.2, 0) is 11.2 Å². The topological polar surface area (TPSA) is 57.3 Å². The Kier molecular flexibility index (Phi) is 10.2. The molecule has 1 unspecified atom stereocenters. The molecule has 0 spiro atoms. The van der Waals surface area contributed by atoms with Crippen LogP contribution in [0, 0.1) is 6.92 Å². The molecular formula is C14H26Cl2N4OS. The predicted octanol–water partition coefficient (Wildman–Crippen LogP) is 2.48. The third kappa shape index (κ3) is 6.01. The van der Waals surface area contributed by atoms with Gasteiger partial charge in [-0.15, -0.1) is 36.2 Å². The summed E-state index contributed by atoms with van der Waals surface area (Å²) in [6.45, 7) is 6.54. The maximum Gasteiger partial charge on any atom is 0.240 e. The molecule has 1 aromatic rings. The molecule has 1 aliphatic heterocycles. The molecule has 2 heterocycles. The number of carbonyl (C=O) groups is 1. The number of piperidine rings is 1. The van der Waals surface area contributed by atoms with Crippen molar-refractivity contribution < 1.29 is 4.79 Å². The van der Waals surface area contributed by atoms with E-state index in [2.05, 4.69) is 27.4 Å². The van der Waals surface area contributed by atoms with E-state index >= 15 is 0 Å². The molecular weight excluding hydrogens is 343 g/mol. The summed E-state index contributed by atoms with van der Waals surface area (Å²) in [4.78, 5) is 19.9. The first kappa shape index (κ1) is 21.6. The van der Waals surface area contributed by atoms with Crippen LogP contribution < -0.4 is 10.6 Å².